The number of hydrogen-bond donors (Lipinski definition) is 1. The lowest BCUT2D eigenvalue weighted by Gasteiger charge is -2.26. The van der Waals surface area contributed by atoms with Crippen LogP contribution in [0.2, 0.25) is 0 Å². The van der Waals surface area contributed by atoms with Crippen molar-refractivity contribution in [3.8, 4) is 23.2 Å². The minimum Gasteiger partial charge on any atom is -0.406 e. The predicted molar refractivity (Wildman–Crippen MR) is 131 cm³/mol. The van der Waals surface area contributed by atoms with Gasteiger partial charge in [-0.2, -0.15) is 5.26 Å². The number of aromatic nitrogens is 2. The number of hydrogen-bond acceptors (Lipinski definition) is 5. The molecular formula is C26H27F3N4O3S. The summed E-state index contributed by atoms with van der Waals surface area (Å²) in [6, 6.07) is 8.96. The quantitative estimate of drug-likeness (QED) is 0.399. The number of nitrogens with zero attached hydrogens (tertiary/aromatic N) is 3. The van der Waals surface area contributed by atoms with Crippen LogP contribution in [0, 0.1) is 17.2 Å². The Hall–Kier alpha value is -3.10. The fourth-order valence-electron chi connectivity index (χ4n) is 5.26. The molecule has 2 aromatic heterocycles. The van der Waals surface area contributed by atoms with E-state index in [2.05, 4.69) is 20.5 Å². The summed E-state index contributed by atoms with van der Waals surface area (Å²) in [6.45, 7) is 1.84. The van der Waals surface area contributed by atoms with E-state index < -0.39 is 16.4 Å². The SMILES string of the molecule is C[C@H](NS(=O)(=O)c1ccc(-c2c(C#N)c3ccc(OC(F)(F)F)cc3n2C2CCCCC2)nc1)C1CC1. The highest BCUT2D eigenvalue weighted by atomic mass is 32.2. The molecule has 0 radical (unpaired) electrons. The topological polar surface area (TPSA) is 97.0 Å². The average Bonchev–Trinajstić information content (AvgIpc) is 3.65. The molecule has 11 heteroatoms. The van der Waals surface area contributed by atoms with Gasteiger partial charge in [-0.1, -0.05) is 19.3 Å². The molecule has 0 unspecified atom stereocenters. The predicted octanol–water partition coefficient (Wildman–Crippen LogP) is 6.06. The van der Waals surface area contributed by atoms with E-state index >= 15 is 0 Å². The summed E-state index contributed by atoms with van der Waals surface area (Å²) in [7, 11) is -3.76. The van der Waals surface area contributed by atoms with Gasteiger partial charge in [-0.15, -0.1) is 13.2 Å². The molecule has 2 fully saturated rings. The number of nitriles is 1. The number of halogens is 3. The maximum absolute atomic E-state index is 12.9. The first-order chi connectivity index (χ1) is 17.6. The van der Waals surface area contributed by atoms with E-state index in [-0.39, 0.29) is 28.3 Å². The van der Waals surface area contributed by atoms with Crippen LogP contribution in [-0.4, -0.2) is 30.4 Å². The van der Waals surface area contributed by atoms with Crippen molar-refractivity contribution in [1.29, 1.82) is 5.26 Å². The molecule has 2 aliphatic rings. The highest BCUT2D eigenvalue weighted by Crippen LogP contribution is 2.41. The Labute approximate surface area is 213 Å². The standard InChI is InChI=1S/C26H27F3N4O3S/c1-16(17-7-8-17)32-37(34,35)20-10-12-23(31-15-20)25-22(14-30)21-11-9-19(36-26(27,28)29)13-24(21)33(25)18-5-3-2-4-6-18/h9-13,15-18,32H,2-8H2,1H3/t16-/m0/s1. The molecule has 2 saturated carbocycles. The molecule has 0 aliphatic heterocycles. The first-order valence-corrected chi connectivity index (χ1v) is 13.9. The van der Waals surface area contributed by atoms with E-state index in [0.29, 0.717) is 28.2 Å². The lowest BCUT2D eigenvalue weighted by atomic mass is 9.95. The normalized spacial score (nSPS) is 18.0. The molecule has 0 bridgehead atoms. The summed E-state index contributed by atoms with van der Waals surface area (Å²) in [5, 5.41) is 10.6. The molecule has 0 spiro atoms. The van der Waals surface area contributed by atoms with Crippen LogP contribution in [0.3, 0.4) is 0 Å². The molecule has 2 aliphatic carbocycles. The van der Waals surface area contributed by atoms with E-state index in [4.69, 9.17) is 0 Å². The molecular weight excluding hydrogens is 505 g/mol. The van der Waals surface area contributed by atoms with Crippen LogP contribution in [0.1, 0.15) is 63.5 Å². The van der Waals surface area contributed by atoms with Crippen LogP contribution in [0.4, 0.5) is 13.2 Å². The average molecular weight is 533 g/mol. The lowest BCUT2D eigenvalue weighted by Crippen LogP contribution is -2.34. The van der Waals surface area contributed by atoms with Crippen molar-refractivity contribution in [2.24, 2.45) is 5.92 Å². The van der Waals surface area contributed by atoms with Crippen LogP contribution < -0.4 is 9.46 Å². The summed E-state index contributed by atoms with van der Waals surface area (Å²) < 4.78 is 73.2. The van der Waals surface area contributed by atoms with Gasteiger partial charge in [0.15, 0.2) is 0 Å². The van der Waals surface area contributed by atoms with Crippen molar-refractivity contribution in [2.75, 3.05) is 0 Å². The van der Waals surface area contributed by atoms with Crippen LogP contribution in [0.5, 0.6) is 5.75 Å². The third-order valence-corrected chi connectivity index (χ3v) is 8.76. The number of fused-ring (bicyclic) bond motifs is 1. The molecule has 7 nitrogen and oxygen atoms in total. The van der Waals surface area contributed by atoms with Gasteiger partial charge < -0.3 is 9.30 Å². The smallest absolute Gasteiger partial charge is 0.406 e. The van der Waals surface area contributed by atoms with E-state index in [9.17, 15) is 26.9 Å². The second-order valence-electron chi connectivity index (χ2n) is 9.85. The van der Waals surface area contributed by atoms with Crippen molar-refractivity contribution in [2.45, 2.75) is 75.2 Å². The number of ether oxygens (including phenoxy) is 1. The number of rotatable bonds is 7. The van der Waals surface area contributed by atoms with Crippen LogP contribution in [0.15, 0.2) is 41.4 Å². The fourth-order valence-corrected chi connectivity index (χ4v) is 6.51. The summed E-state index contributed by atoms with van der Waals surface area (Å²) in [5.74, 6) is -0.0199. The van der Waals surface area contributed by atoms with Crippen molar-refractivity contribution in [3.05, 3.63) is 42.1 Å². The minimum atomic E-state index is -4.84. The molecule has 3 aromatic rings. The van der Waals surface area contributed by atoms with Crippen molar-refractivity contribution in [1.82, 2.24) is 14.3 Å². The molecule has 0 saturated heterocycles. The number of nitrogens with one attached hydrogen (secondary N) is 1. The Bertz CT molecular complexity index is 1450. The molecule has 2 heterocycles. The van der Waals surface area contributed by atoms with Crippen molar-refractivity contribution in [3.63, 3.8) is 0 Å². The number of pyridine rings is 1. The Morgan fingerprint density at radius 1 is 1.14 bits per heavy atom. The fraction of sp³-hybridized carbons (Fsp3) is 0.462. The monoisotopic (exact) mass is 532 g/mol. The maximum atomic E-state index is 12.9. The van der Waals surface area contributed by atoms with E-state index in [1.165, 1.54) is 30.5 Å². The molecule has 1 aromatic carbocycles. The van der Waals surface area contributed by atoms with E-state index in [1.807, 2.05) is 11.5 Å². The van der Waals surface area contributed by atoms with Crippen molar-refractivity contribution < 1.29 is 26.3 Å². The second kappa shape index (κ2) is 9.65. The lowest BCUT2D eigenvalue weighted by molar-refractivity contribution is -0.274. The number of alkyl halides is 3. The van der Waals surface area contributed by atoms with Gasteiger partial charge in [0.2, 0.25) is 10.0 Å². The van der Waals surface area contributed by atoms with Crippen molar-refractivity contribution >= 4 is 20.9 Å². The first-order valence-electron chi connectivity index (χ1n) is 12.4. The molecule has 37 heavy (non-hydrogen) atoms. The van der Waals surface area contributed by atoms with Gasteiger partial charge in [-0.3, -0.25) is 4.98 Å². The third kappa shape index (κ3) is 5.31. The molecule has 5 rings (SSSR count). The Balaban J connectivity index is 1.60. The Kier molecular flexibility index (Phi) is 6.66. The molecule has 196 valence electrons. The maximum Gasteiger partial charge on any atom is 0.573 e. The summed E-state index contributed by atoms with van der Waals surface area (Å²) >= 11 is 0. The number of benzene rings is 1. The highest BCUT2D eigenvalue weighted by molar-refractivity contribution is 7.89. The van der Waals surface area contributed by atoms with Gasteiger partial charge in [0, 0.05) is 29.7 Å². The summed E-state index contributed by atoms with van der Waals surface area (Å²) in [4.78, 5) is 4.44. The second-order valence-corrected chi connectivity index (χ2v) is 11.6. The van der Waals surface area contributed by atoms with Gasteiger partial charge in [0.25, 0.3) is 0 Å². The summed E-state index contributed by atoms with van der Waals surface area (Å²) in [5.41, 5.74) is 1.59. The van der Waals surface area contributed by atoms with Gasteiger partial charge in [-0.05, 0) is 62.8 Å². The van der Waals surface area contributed by atoms with Gasteiger partial charge in [-0.25, -0.2) is 13.1 Å². The zero-order valence-electron chi connectivity index (χ0n) is 20.3. The van der Waals surface area contributed by atoms with Gasteiger partial charge in [0.1, 0.15) is 16.7 Å². The molecule has 0 amide bonds. The third-order valence-electron chi connectivity index (χ3n) is 7.22. The molecule has 1 atom stereocenters. The largest absolute Gasteiger partial charge is 0.573 e. The minimum absolute atomic E-state index is 0.0171. The van der Waals surface area contributed by atoms with E-state index in [0.717, 1.165) is 44.9 Å². The highest BCUT2D eigenvalue weighted by Gasteiger charge is 2.33. The zero-order valence-corrected chi connectivity index (χ0v) is 21.1. The Morgan fingerprint density at radius 2 is 1.86 bits per heavy atom. The Morgan fingerprint density at radius 3 is 2.46 bits per heavy atom. The zero-order chi connectivity index (χ0) is 26.4. The van der Waals surface area contributed by atoms with Gasteiger partial charge >= 0.3 is 6.36 Å². The van der Waals surface area contributed by atoms with Crippen LogP contribution in [0.25, 0.3) is 22.3 Å². The number of sulfonamides is 1. The van der Waals surface area contributed by atoms with E-state index in [1.54, 1.807) is 6.07 Å². The summed E-state index contributed by atoms with van der Waals surface area (Å²) in [6.07, 6.45) is 3.01. The first kappa shape index (κ1) is 25.5. The van der Waals surface area contributed by atoms with Crippen LogP contribution >= 0.6 is 0 Å². The van der Waals surface area contributed by atoms with Gasteiger partial charge in [0.05, 0.1) is 22.5 Å². The molecule has 1 N–H and O–H groups in total. The van der Waals surface area contributed by atoms with Crippen LogP contribution in [-0.2, 0) is 10.0 Å².